The predicted octanol–water partition coefficient (Wildman–Crippen LogP) is 3.14. The molecular formula is C15H15FN2. The molecule has 0 amide bonds. The second kappa shape index (κ2) is 4.86. The van der Waals surface area contributed by atoms with E-state index in [4.69, 9.17) is 0 Å². The van der Waals surface area contributed by atoms with Crippen LogP contribution < -0.4 is 5.32 Å². The molecule has 0 bridgehead atoms. The van der Waals surface area contributed by atoms with Crippen molar-refractivity contribution >= 4 is 0 Å². The lowest BCUT2D eigenvalue weighted by atomic mass is 10.0. The van der Waals surface area contributed by atoms with Crippen LogP contribution in [0.4, 0.5) is 4.39 Å². The normalized spacial score (nSPS) is 14.7. The number of hydrogen-bond donors (Lipinski definition) is 1. The van der Waals surface area contributed by atoms with Crippen molar-refractivity contribution < 1.29 is 4.39 Å². The van der Waals surface area contributed by atoms with Gasteiger partial charge in [-0.2, -0.15) is 0 Å². The summed E-state index contributed by atoms with van der Waals surface area (Å²) in [7, 11) is 0. The Balaban J connectivity index is 1.89. The molecule has 2 nitrogen and oxygen atoms in total. The molecule has 0 radical (unpaired) electrons. The highest BCUT2D eigenvalue weighted by Gasteiger charge is 2.20. The molecule has 1 aliphatic carbocycles. The fourth-order valence-corrected chi connectivity index (χ4v) is 2.06. The zero-order valence-corrected chi connectivity index (χ0v) is 10.1. The summed E-state index contributed by atoms with van der Waals surface area (Å²) >= 11 is 0. The highest BCUT2D eigenvalue weighted by molar-refractivity contribution is 5.66. The minimum absolute atomic E-state index is 0.294. The van der Waals surface area contributed by atoms with Gasteiger partial charge in [-0.05, 0) is 30.0 Å². The van der Waals surface area contributed by atoms with Crippen molar-refractivity contribution in [1.29, 1.82) is 0 Å². The maximum atomic E-state index is 13.2. The van der Waals surface area contributed by atoms with E-state index in [9.17, 15) is 4.39 Å². The largest absolute Gasteiger partial charge is 0.310 e. The first-order valence-corrected chi connectivity index (χ1v) is 6.25. The van der Waals surface area contributed by atoms with Crippen LogP contribution in [0, 0.1) is 5.82 Å². The molecule has 92 valence electrons. The molecule has 0 unspecified atom stereocenters. The number of nitrogens with zero attached hydrogens (tertiary/aromatic N) is 1. The second-order valence-electron chi connectivity index (χ2n) is 4.70. The Labute approximate surface area is 106 Å². The molecule has 1 aromatic carbocycles. The van der Waals surface area contributed by atoms with E-state index in [1.165, 1.54) is 30.7 Å². The summed E-state index contributed by atoms with van der Waals surface area (Å²) in [4.78, 5) is 3.91. The first-order valence-electron chi connectivity index (χ1n) is 6.25. The lowest BCUT2D eigenvalue weighted by Gasteiger charge is -2.10. The summed E-state index contributed by atoms with van der Waals surface area (Å²) in [6.07, 6.45) is 5.47. The monoisotopic (exact) mass is 242 g/mol. The van der Waals surface area contributed by atoms with E-state index in [-0.39, 0.29) is 5.82 Å². The highest BCUT2D eigenvalue weighted by atomic mass is 19.1. The van der Waals surface area contributed by atoms with Gasteiger partial charge in [0.1, 0.15) is 5.82 Å². The second-order valence-corrected chi connectivity index (χ2v) is 4.70. The van der Waals surface area contributed by atoms with Gasteiger partial charge < -0.3 is 5.32 Å². The van der Waals surface area contributed by atoms with Crippen LogP contribution in [0.5, 0.6) is 0 Å². The number of benzene rings is 1. The lowest BCUT2D eigenvalue weighted by Crippen LogP contribution is -2.15. The minimum atomic E-state index is -0.294. The summed E-state index contributed by atoms with van der Waals surface area (Å²) in [5, 5.41) is 3.48. The minimum Gasteiger partial charge on any atom is -0.310 e. The molecule has 1 saturated carbocycles. The van der Waals surface area contributed by atoms with E-state index in [0.717, 1.165) is 17.7 Å². The predicted molar refractivity (Wildman–Crippen MR) is 69.5 cm³/mol. The van der Waals surface area contributed by atoms with Gasteiger partial charge in [-0.1, -0.05) is 24.3 Å². The Hall–Kier alpha value is -1.74. The Morgan fingerprint density at radius 3 is 2.83 bits per heavy atom. The Bertz CT molecular complexity index is 550. The van der Waals surface area contributed by atoms with E-state index in [1.807, 2.05) is 18.2 Å². The molecule has 1 N–H and O–H groups in total. The summed E-state index contributed by atoms with van der Waals surface area (Å²) in [5.74, 6) is -0.294. The van der Waals surface area contributed by atoms with Gasteiger partial charge in [-0.25, -0.2) is 4.39 Å². The summed E-state index contributed by atoms with van der Waals surface area (Å²) in [6, 6.07) is 10.3. The molecule has 1 aromatic heterocycles. The van der Waals surface area contributed by atoms with Gasteiger partial charge in [0.15, 0.2) is 0 Å². The number of rotatable bonds is 4. The van der Waals surface area contributed by atoms with E-state index >= 15 is 0 Å². The van der Waals surface area contributed by atoms with Crippen LogP contribution in [0.15, 0.2) is 42.7 Å². The van der Waals surface area contributed by atoms with E-state index in [0.29, 0.717) is 6.04 Å². The van der Waals surface area contributed by atoms with Crippen LogP contribution in [-0.2, 0) is 6.54 Å². The van der Waals surface area contributed by atoms with Crippen LogP contribution >= 0.6 is 0 Å². The molecule has 18 heavy (non-hydrogen) atoms. The van der Waals surface area contributed by atoms with E-state index in [1.54, 1.807) is 6.20 Å². The van der Waals surface area contributed by atoms with Gasteiger partial charge in [0.2, 0.25) is 0 Å². The van der Waals surface area contributed by atoms with Gasteiger partial charge in [-0.3, -0.25) is 4.98 Å². The topological polar surface area (TPSA) is 24.9 Å². The van der Waals surface area contributed by atoms with E-state index < -0.39 is 0 Å². The van der Waals surface area contributed by atoms with Crippen LogP contribution in [0.1, 0.15) is 18.4 Å². The fourth-order valence-electron chi connectivity index (χ4n) is 2.06. The number of pyridine rings is 1. The Morgan fingerprint density at radius 2 is 2.06 bits per heavy atom. The first-order chi connectivity index (χ1) is 8.83. The van der Waals surface area contributed by atoms with E-state index in [2.05, 4.69) is 16.4 Å². The van der Waals surface area contributed by atoms with Crippen LogP contribution in [0.2, 0.25) is 0 Å². The third kappa shape index (κ3) is 2.57. The van der Waals surface area contributed by atoms with Crippen molar-refractivity contribution in [1.82, 2.24) is 10.3 Å². The number of nitrogens with one attached hydrogen (secondary N) is 1. The summed E-state index contributed by atoms with van der Waals surface area (Å²) in [6.45, 7) is 0.831. The number of halogens is 1. The van der Waals surface area contributed by atoms with Gasteiger partial charge in [0.25, 0.3) is 0 Å². The zero-order valence-electron chi connectivity index (χ0n) is 10.1. The van der Waals surface area contributed by atoms with Crippen molar-refractivity contribution in [3.8, 4) is 11.1 Å². The number of aromatic nitrogens is 1. The molecule has 3 rings (SSSR count). The molecule has 2 aromatic rings. The highest BCUT2D eigenvalue weighted by Crippen LogP contribution is 2.25. The average molecular weight is 242 g/mol. The van der Waals surface area contributed by atoms with Crippen molar-refractivity contribution in [2.45, 2.75) is 25.4 Å². The summed E-state index contributed by atoms with van der Waals surface area (Å²) in [5.41, 5.74) is 3.08. The molecule has 1 heterocycles. The molecular weight excluding hydrogens is 227 g/mol. The third-order valence-corrected chi connectivity index (χ3v) is 3.19. The molecule has 3 heteroatoms. The molecule has 1 fully saturated rings. The molecule has 0 saturated heterocycles. The zero-order chi connectivity index (χ0) is 12.4. The smallest absolute Gasteiger partial charge is 0.142 e. The van der Waals surface area contributed by atoms with Gasteiger partial charge in [-0.15, -0.1) is 0 Å². The van der Waals surface area contributed by atoms with Crippen LogP contribution in [-0.4, -0.2) is 11.0 Å². The van der Waals surface area contributed by atoms with Gasteiger partial charge in [0, 0.05) is 24.3 Å². The summed E-state index contributed by atoms with van der Waals surface area (Å²) < 4.78 is 13.2. The Morgan fingerprint density at radius 1 is 1.22 bits per heavy atom. The quantitative estimate of drug-likeness (QED) is 0.891. The van der Waals surface area contributed by atoms with Crippen LogP contribution in [0.3, 0.4) is 0 Å². The van der Waals surface area contributed by atoms with Crippen LogP contribution in [0.25, 0.3) is 11.1 Å². The standard InChI is InChI=1S/C15H15FN2/c16-13-7-12(8-17-10-13)15-4-2-1-3-11(15)9-18-14-5-6-14/h1-4,7-8,10,14,18H,5-6,9H2. The number of hydrogen-bond acceptors (Lipinski definition) is 2. The molecule has 1 aliphatic rings. The van der Waals surface area contributed by atoms with Crippen molar-refractivity contribution in [3.05, 3.63) is 54.1 Å². The maximum Gasteiger partial charge on any atom is 0.142 e. The first kappa shape index (κ1) is 11.4. The van der Waals surface area contributed by atoms with Gasteiger partial charge >= 0.3 is 0 Å². The molecule has 0 spiro atoms. The fraction of sp³-hybridized carbons (Fsp3) is 0.267. The maximum absolute atomic E-state index is 13.2. The Kier molecular flexibility index (Phi) is 3.07. The SMILES string of the molecule is Fc1cncc(-c2ccccc2CNC2CC2)c1. The average Bonchev–Trinajstić information content (AvgIpc) is 3.21. The van der Waals surface area contributed by atoms with Crippen molar-refractivity contribution in [2.75, 3.05) is 0 Å². The van der Waals surface area contributed by atoms with Gasteiger partial charge in [0.05, 0.1) is 6.20 Å². The third-order valence-electron chi connectivity index (χ3n) is 3.19. The van der Waals surface area contributed by atoms with Crippen molar-refractivity contribution in [3.63, 3.8) is 0 Å². The molecule has 0 aliphatic heterocycles. The molecule has 0 atom stereocenters. The van der Waals surface area contributed by atoms with Crippen molar-refractivity contribution in [2.24, 2.45) is 0 Å². The lowest BCUT2D eigenvalue weighted by molar-refractivity contribution is 0.622.